The number of aromatic nitrogens is 1. The maximum Gasteiger partial charge on any atom is 0.0219 e. The lowest BCUT2D eigenvalue weighted by Crippen LogP contribution is -1.92. The van der Waals surface area contributed by atoms with E-state index >= 15 is 0 Å². The number of nitrogens with zero attached hydrogens (tertiary/aromatic N) is 1. The number of aryl methyl sites for hydroxylation is 1. The van der Waals surface area contributed by atoms with Crippen molar-refractivity contribution in [2.45, 2.75) is 47.1 Å². The number of rotatable bonds is 5. The van der Waals surface area contributed by atoms with E-state index in [1.807, 2.05) is 13.0 Å². The van der Waals surface area contributed by atoms with Crippen molar-refractivity contribution < 1.29 is 0 Å². The lowest BCUT2D eigenvalue weighted by atomic mass is 10.2. The van der Waals surface area contributed by atoms with Gasteiger partial charge in [0, 0.05) is 18.9 Å². The number of allylic oxidation sites excluding steroid dienone is 5. The predicted octanol–water partition coefficient (Wildman–Crippen LogP) is 5.22. The van der Waals surface area contributed by atoms with E-state index in [1.165, 1.54) is 24.0 Å². The topological polar surface area (TPSA) is 4.93 Å². The van der Waals surface area contributed by atoms with Gasteiger partial charge < -0.3 is 4.57 Å². The van der Waals surface area contributed by atoms with E-state index in [-0.39, 0.29) is 0 Å². The van der Waals surface area contributed by atoms with Crippen LogP contribution in [0.25, 0.3) is 6.08 Å². The minimum atomic E-state index is 1.07. The maximum absolute atomic E-state index is 3.11. The highest BCUT2D eigenvalue weighted by atomic mass is 14.9. The first-order chi connectivity index (χ1) is 9.61. The Morgan fingerprint density at radius 3 is 2.80 bits per heavy atom. The second-order valence-corrected chi connectivity index (χ2v) is 5.24. The standard InChI is InChI=1S/C19H25N/c1-5-6-14-20-15-13-19(16-20)12-8-11-18(4)10-7-9-17(2)3/h8-9,11-13,15-16H,5-6,14H2,1-4H3/b12-8-,18-11-. The molecule has 1 heteroatoms. The van der Waals surface area contributed by atoms with Crippen LogP contribution in [0.15, 0.2) is 47.8 Å². The third-order valence-corrected chi connectivity index (χ3v) is 2.81. The Bertz CT molecular complexity index is 552. The average Bonchev–Trinajstić information content (AvgIpc) is 2.84. The fraction of sp³-hybridized carbons (Fsp3) is 0.368. The highest BCUT2D eigenvalue weighted by Crippen LogP contribution is 2.06. The summed E-state index contributed by atoms with van der Waals surface area (Å²) in [6.45, 7) is 9.46. The molecule has 0 spiro atoms. The molecule has 0 aliphatic heterocycles. The van der Waals surface area contributed by atoms with Crippen LogP contribution < -0.4 is 0 Å². The fourth-order valence-electron chi connectivity index (χ4n) is 1.68. The van der Waals surface area contributed by atoms with Crippen LogP contribution in [0.2, 0.25) is 0 Å². The minimum absolute atomic E-state index is 1.07. The highest BCUT2D eigenvalue weighted by Gasteiger charge is 1.92. The van der Waals surface area contributed by atoms with Crippen molar-refractivity contribution in [2.75, 3.05) is 0 Å². The quantitative estimate of drug-likeness (QED) is 0.509. The molecule has 0 saturated heterocycles. The largest absolute Gasteiger partial charge is 0.354 e. The van der Waals surface area contributed by atoms with Crippen molar-refractivity contribution in [1.82, 2.24) is 4.57 Å². The summed E-state index contributed by atoms with van der Waals surface area (Å²) in [5.74, 6) is 6.15. The second kappa shape index (κ2) is 9.04. The highest BCUT2D eigenvalue weighted by molar-refractivity contribution is 5.51. The minimum Gasteiger partial charge on any atom is -0.354 e. The summed E-state index contributed by atoms with van der Waals surface area (Å²) in [4.78, 5) is 0. The lowest BCUT2D eigenvalue weighted by molar-refractivity contribution is 0.635. The first-order valence-corrected chi connectivity index (χ1v) is 7.27. The van der Waals surface area contributed by atoms with Crippen LogP contribution in [0.1, 0.15) is 46.1 Å². The third-order valence-electron chi connectivity index (χ3n) is 2.81. The molecule has 0 radical (unpaired) electrons. The summed E-state index contributed by atoms with van der Waals surface area (Å²) in [6.07, 6.45) is 15.0. The van der Waals surface area contributed by atoms with Gasteiger partial charge in [-0.3, -0.25) is 0 Å². The van der Waals surface area contributed by atoms with E-state index in [1.54, 1.807) is 0 Å². The summed E-state index contributed by atoms with van der Waals surface area (Å²) >= 11 is 0. The average molecular weight is 267 g/mol. The molecule has 1 nitrogen and oxygen atoms in total. The molecule has 0 aliphatic carbocycles. The van der Waals surface area contributed by atoms with Crippen molar-refractivity contribution >= 4 is 6.08 Å². The summed E-state index contributed by atoms with van der Waals surface area (Å²) in [5.41, 5.74) is 3.54. The third kappa shape index (κ3) is 6.85. The van der Waals surface area contributed by atoms with Crippen LogP contribution in [0, 0.1) is 11.8 Å². The summed E-state index contributed by atoms with van der Waals surface area (Å²) in [5, 5.41) is 0. The van der Waals surface area contributed by atoms with Gasteiger partial charge in [0.25, 0.3) is 0 Å². The van der Waals surface area contributed by atoms with E-state index in [2.05, 4.69) is 73.9 Å². The van der Waals surface area contributed by atoms with Crippen molar-refractivity contribution in [1.29, 1.82) is 0 Å². The fourth-order valence-corrected chi connectivity index (χ4v) is 1.68. The van der Waals surface area contributed by atoms with Crippen molar-refractivity contribution in [3.05, 3.63) is 53.4 Å². The zero-order valence-corrected chi connectivity index (χ0v) is 13.1. The van der Waals surface area contributed by atoms with Gasteiger partial charge in [-0.25, -0.2) is 0 Å². The normalized spacial score (nSPS) is 11.3. The number of hydrogen-bond acceptors (Lipinski definition) is 0. The zero-order chi connectivity index (χ0) is 14.8. The molecule has 106 valence electrons. The molecule has 0 saturated carbocycles. The van der Waals surface area contributed by atoms with Crippen molar-refractivity contribution in [3.63, 3.8) is 0 Å². The van der Waals surface area contributed by atoms with Crippen molar-refractivity contribution in [2.24, 2.45) is 0 Å². The molecule has 1 aromatic heterocycles. The van der Waals surface area contributed by atoms with E-state index < -0.39 is 0 Å². The van der Waals surface area contributed by atoms with Gasteiger partial charge in [-0.05, 0) is 50.5 Å². The molecule has 1 heterocycles. The van der Waals surface area contributed by atoms with Crippen LogP contribution in [-0.2, 0) is 6.54 Å². The van der Waals surface area contributed by atoms with Gasteiger partial charge in [0.15, 0.2) is 0 Å². The Kier molecular flexibility index (Phi) is 7.29. The molecule has 0 aromatic carbocycles. The van der Waals surface area contributed by atoms with Crippen LogP contribution in [0.5, 0.6) is 0 Å². The van der Waals surface area contributed by atoms with Gasteiger partial charge in [-0.1, -0.05) is 49.0 Å². The van der Waals surface area contributed by atoms with Crippen LogP contribution >= 0.6 is 0 Å². The smallest absolute Gasteiger partial charge is 0.0219 e. The van der Waals surface area contributed by atoms with E-state index in [9.17, 15) is 0 Å². The molecule has 0 unspecified atom stereocenters. The van der Waals surface area contributed by atoms with Gasteiger partial charge in [0.2, 0.25) is 0 Å². The van der Waals surface area contributed by atoms with Crippen LogP contribution in [0.4, 0.5) is 0 Å². The van der Waals surface area contributed by atoms with E-state index in [0.29, 0.717) is 0 Å². The van der Waals surface area contributed by atoms with Crippen LogP contribution in [-0.4, -0.2) is 4.57 Å². The summed E-state index contributed by atoms with van der Waals surface area (Å²) < 4.78 is 2.24. The summed E-state index contributed by atoms with van der Waals surface area (Å²) in [7, 11) is 0. The molecule has 0 N–H and O–H groups in total. The Labute approximate surface area is 123 Å². The van der Waals surface area contributed by atoms with Gasteiger partial charge in [0.1, 0.15) is 0 Å². The number of hydrogen-bond donors (Lipinski definition) is 0. The van der Waals surface area contributed by atoms with Gasteiger partial charge in [0.05, 0.1) is 0 Å². The molecule has 20 heavy (non-hydrogen) atoms. The van der Waals surface area contributed by atoms with E-state index in [4.69, 9.17) is 0 Å². The maximum atomic E-state index is 3.11. The van der Waals surface area contributed by atoms with Gasteiger partial charge in [-0.2, -0.15) is 0 Å². The Balaban J connectivity index is 2.56. The molecule has 0 fully saturated rings. The second-order valence-electron chi connectivity index (χ2n) is 5.24. The Morgan fingerprint density at radius 2 is 2.10 bits per heavy atom. The molecule has 0 atom stereocenters. The molecular weight excluding hydrogens is 242 g/mol. The lowest BCUT2D eigenvalue weighted by Gasteiger charge is -1.98. The molecule has 0 aliphatic rings. The molecular formula is C19H25N. The zero-order valence-electron chi connectivity index (χ0n) is 13.1. The predicted molar refractivity (Wildman–Crippen MR) is 89.3 cm³/mol. The number of unbranched alkanes of at least 4 members (excludes halogenated alkanes) is 1. The molecule has 0 amide bonds. The van der Waals surface area contributed by atoms with Gasteiger partial charge in [-0.15, -0.1) is 0 Å². The molecule has 1 rings (SSSR count). The van der Waals surface area contributed by atoms with Crippen LogP contribution in [0.3, 0.4) is 0 Å². The van der Waals surface area contributed by atoms with Gasteiger partial charge >= 0.3 is 0 Å². The van der Waals surface area contributed by atoms with E-state index in [0.717, 1.165) is 12.1 Å². The Morgan fingerprint density at radius 1 is 1.30 bits per heavy atom. The first kappa shape index (κ1) is 16.1. The first-order valence-electron chi connectivity index (χ1n) is 7.27. The Hall–Kier alpha value is -1.94. The summed E-state index contributed by atoms with van der Waals surface area (Å²) in [6, 6.07) is 2.14. The molecule has 1 aromatic rings. The SMILES string of the molecule is CCCCn1ccc(/C=C\C=C(\C)C#CC=C(C)C)c1. The monoisotopic (exact) mass is 267 g/mol. The van der Waals surface area contributed by atoms with Crippen molar-refractivity contribution in [3.8, 4) is 11.8 Å². The molecule has 0 bridgehead atoms.